The molecule has 0 bridgehead atoms. The Hall–Kier alpha value is -1.06. The molecule has 2 rings (SSSR count). The monoisotopic (exact) mass is 276 g/mol. The first-order valence-electron chi connectivity index (χ1n) is 7.68. The van der Waals surface area contributed by atoms with Crippen molar-refractivity contribution in [2.24, 2.45) is 5.73 Å². The molecular weight excluding hydrogens is 248 g/mol. The zero-order chi connectivity index (χ0) is 14.8. The van der Waals surface area contributed by atoms with E-state index < -0.39 is 0 Å². The fraction of sp³-hybridized carbons (Fsp3) is 0.647. The number of piperidine rings is 1. The van der Waals surface area contributed by atoms with Gasteiger partial charge in [0.2, 0.25) is 0 Å². The van der Waals surface area contributed by atoms with E-state index in [1.54, 1.807) is 0 Å². The lowest BCUT2D eigenvalue weighted by Crippen LogP contribution is -2.53. The maximum absolute atomic E-state index is 6.42. The van der Waals surface area contributed by atoms with E-state index in [-0.39, 0.29) is 11.6 Å². The smallest absolute Gasteiger partial charge is 0.119 e. The fourth-order valence-corrected chi connectivity index (χ4v) is 3.13. The van der Waals surface area contributed by atoms with Crippen LogP contribution in [0.3, 0.4) is 0 Å². The standard InChI is InChI=1S/C17H28N2O/c1-5-20-14-10-8-13(9-11-14)16-15(18)7-6-12-19(16)17(2,3)4/h8-11,15-16H,5-7,12,18H2,1-4H3. The Balaban J connectivity index is 2.25. The van der Waals surface area contributed by atoms with Gasteiger partial charge in [-0.05, 0) is 64.8 Å². The Morgan fingerprint density at radius 1 is 1.25 bits per heavy atom. The van der Waals surface area contributed by atoms with Gasteiger partial charge < -0.3 is 10.5 Å². The predicted molar refractivity (Wildman–Crippen MR) is 84.0 cm³/mol. The van der Waals surface area contributed by atoms with Gasteiger partial charge in [-0.15, -0.1) is 0 Å². The van der Waals surface area contributed by atoms with E-state index >= 15 is 0 Å². The van der Waals surface area contributed by atoms with Gasteiger partial charge in [0.1, 0.15) is 5.75 Å². The zero-order valence-corrected chi connectivity index (χ0v) is 13.2. The Bertz CT molecular complexity index is 422. The number of hydrogen-bond donors (Lipinski definition) is 1. The van der Waals surface area contributed by atoms with Crippen LogP contribution in [-0.4, -0.2) is 29.6 Å². The molecule has 1 heterocycles. The lowest BCUT2D eigenvalue weighted by atomic mass is 9.87. The third kappa shape index (κ3) is 3.33. The summed E-state index contributed by atoms with van der Waals surface area (Å²) in [6, 6.07) is 8.96. The molecule has 3 nitrogen and oxygen atoms in total. The Labute approximate surface area is 123 Å². The molecule has 2 N–H and O–H groups in total. The molecule has 0 aromatic heterocycles. The Kier molecular flexibility index (Phi) is 4.71. The lowest BCUT2D eigenvalue weighted by molar-refractivity contribution is 0.0384. The molecule has 3 heteroatoms. The Morgan fingerprint density at radius 2 is 1.90 bits per heavy atom. The molecule has 0 saturated carbocycles. The summed E-state index contributed by atoms with van der Waals surface area (Å²) >= 11 is 0. The summed E-state index contributed by atoms with van der Waals surface area (Å²) in [7, 11) is 0. The van der Waals surface area contributed by atoms with Crippen molar-refractivity contribution in [3.05, 3.63) is 29.8 Å². The molecule has 2 atom stereocenters. The summed E-state index contributed by atoms with van der Waals surface area (Å²) in [4.78, 5) is 2.54. The summed E-state index contributed by atoms with van der Waals surface area (Å²) in [5.41, 5.74) is 7.86. The number of ether oxygens (including phenoxy) is 1. The van der Waals surface area contributed by atoms with Crippen molar-refractivity contribution >= 4 is 0 Å². The van der Waals surface area contributed by atoms with Crippen molar-refractivity contribution in [3.8, 4) is 5.75 Å². The minimum atomic E-state index is 0.140. The van der Waals surface area contributed by atoms with E-state index in [2.05, 4.69) is 49.9 Å². The molecule has 0 aliphatic carbocycles. The topological polar surface area (TPSA) is 38.5 Å². The molecule has 112 valence electrons. The maximum atomic E-state index is 6.42. The normalized spacial score (nSPS) is 24.6. The van der Waals surface area contributed by atoms with Crippen LogP contribution < -0.4 is 10.5 Å². The van der Waals surface area contributed by atoms with Gasteiger partial charge in [0.05, 0.1) is 12.6 Å². The lowest BCUT2D eigenvalue weighted by Gasteiger charge is -2.47. The second-order valence-electron chi connectivity index (χ2n) is 6.62. The summed E-state index contributed by atoms with van der Waals surface area (Å²) in [5.74, 6) is 0.933. The van der Waals surface area contributed by atoms with Crippen molar-refractivity contribution in [3.63, 3.8) is 0 Å². The van der Waals surface area contributed by atoms with Crippen LogP contribution in [0.4, 0.5) is 0 Å². The first-order chi connectivity index (χ1) is 9.43. The van der Waals surface area contributed by atoms with Crippen molar-refractivity contribution in [1.29, 1.82) is 0 Å². The highest BCUT2D eigenvalue weighted by Gasteiger charge is 2.36. The van der Waals surface area contributed by atoms with Gasteiger partial charge in [-0.25, -0.2) is 0 Å². The largest absolute Gasteiger partial charge is 0.494 e. The third-order valence-corrected chi connectivity index (χ3v) is 4.07. The van der Waals surface area contributed by atoms with Crippen molar-refractivity contribution in [1.82, 2.24) is 4.90 Å². The summed E-state index contributed by atoms with van der Waals surface area (Å²) in [5, 5.41) is 0. The average molecular weight is 276 g/mol. The third-order valence-electron chi connectivity index (χ3n) is 4.07. The molecule has 0 radical (unpaired) electrons. The van der Waals surface area contributed by atoms with E-state index in [1.165, 1.54) is 12.0 Å². The molecule has 1 aromatic rings. The zero-order valence-electron chi connectivity index (χ0n) is 13.2. The molecule has 1 saturated heterocycles. The second kappa shape index (κ2) is 6.15. The van der Waals surface area contributed by atoms with Crippen LogP contribution in [-0.2, 0) is 0 Å². The molecule has 1 aromatic carbocycles. The Morgan fingerprint density at radius 3 is 2.45 bits per heavy atom. The number of hydrogen-bond acceptors (Lipinski definition) is 3. The van der Waals surface area contributed by atoms with E-state index in [1.807, 2.05) is 6.92 Å². The first kappa shape index (κ1) is 15.3. The van der Waals surface area contributed by atoms with Crippen molar-refractivity contribution < 1.29 is 4.74 Å². The van der Waals surface area contributed by atoms with Crippen molar-refractivity contribution in [2.75, 3.05) is 13.2 Å². The van der Waals surface area contributed by atoms with Gasteiger partial charge >= 0.3 is 0 Å². The summed E-state index contributed by atoms with van der Waals surface area (Å²) < 4.78 is 5.52. The van der Waals surface area contributed by atoms with Crippen LogP contribution >= 0.6 is 0 Å². The minimum absolute atomic E-state index is 0.140. The summed E-state index contributed by atoms with van der Waals surface area (Å²) in [6.45, 7) is 10.6. The van der Waals surface area contributed by atoms with E-state index in [4.69, 9.17) is 10.5 Å². The van der Waals surface area contributed by atoms with Crippen LogP contribution in [0.15, 0.2) is 24.3 Å². The van der Waals surface area contributed by atoms with Crippen LogP contribution in [0.2, 0.25) is 0 Å². The number of rotatable bonds is 3. The van der Waals surface area contributed by atoms with Crippen LogP contribution in [0.25, 0.3) is 0 Å². The number of nitrogens with zero attached hydrogens (tertiary/aromatic N) is 1. The van der Waals surface area contributed by atoms with Crippen LogP contribution in [0.5, 0.6) is 5.75 Å². The molecule has 1 aliphatic rings. The minimum Gasteiger partial charge on any atom is -0.494 e. The summed E-state index contributed by atoms with van der Waals surface area (Å²) in [6.07, 6.45) is 2.29. The van der Waals surface area contributed by atoms with E-state index in [0.717, 1.165) is 18.7 Å². The average Bonchev–Trinajstić information content (AvgIpc) is 2.39. The molecule has 20 heavy (non-hydrogen) atoms. The molecule has 1 fully saturated rings. The van der Waals surface area contributed by atoms with Gasteiger partial charge in [0.15, 0.2) is 0 Å². The highest BCUT2D eigenvalue weighted by molar-refractivity contribution is 5.30. The maximum Gasteiger partial charge on any atom is 0.119 e. The highest BCUT2D eigenvalue weighted by Crippen LogP contribution is 2.35. The SMILES string of the molecule is CCOc1ccc(C2C(N)CCCN2C(C)(C)C)cc1. The molecular formula is C17H28N2O. The molecule has 1 aliphatic heterocycles. The van der Waals surface area contributed by atoms with Crippen LogP contribution in [0, 0.1) is 0 Å². The van der Waals surface area contributed by atoms with Gasteiger partial charge in [0, 0.05) is 11.6 Å². The van der Waals surface area contributed by atoms with E-state index in [9.17, 15) is 0 Å². The fourth-order valence-electron chi connectivity index (χ4n) is 3.13. The number of likely N-dealkylation sites (tertiary alicyclic amines) is 1. The predicted octanol–water partition coefficient (Wildman–Crippen LogP) is 3.35. The first-order valence-corrected chi connectivity index (χ1v) is 7.68. The number of benzene rings is 1. The number of nitrogens with two attached hydrogens (primary N) is 1. The van der Waals surface area contributed by atoms with Crippen LogP contribution in [0.1, 0.15) is 52.1 Å². The van der Waals surface area contributed by atoms with E-state index in [0.29, 0.717) is 12.6 Å². The van der Waals surface area contributed by atoms with Gasteiger partial charge in [-0.3, -0.25) is 4.90 Å². The molecule has 0 spiro atoms. The van der Waals surface area contributed by atoms with Gasteiger partial charge in [-0.1, -0.05) is 12.1 Å². The van der Waals surface area contributed by atoms with Gasteiger partial charge in [0.25, 0.3) is 0 Å². The second-order valence-corrected chi connectivity index (χ2v) is 6.62. The van der Waals surface area contributed by atoms with Crippen molar-refractivity contribution in [2.45, 2.75) is 58.2 Å². The van der Waals surface area contributed by atoms with Gasteiger partial charge in [-0.2, -0.15) is 0 Å². The molecule has 2 unspecified atom stereocenters. The molecule has 0 amide bonds. The highest BCUT2D eigenvalue weighted by atomic mass is 16.5. The quantitative estimate of drug-likeness (QED) is 0.920.